The van der Waals surface area contributed by atoms with Gasteiger partial charge in [-0.05, 0) is 49.4 Å². The van der Waals surface area contributed by atoms with Crippen molar-refractivity contribution in [1.29, 1.82) is 0 Å². The number of ether oxygens (including phenoxy) is 1. The first kappa shape index (κ1) is 24.2. The highest BCUT2D eigenvalue weighted by Crippen LogP contribution is 2.22. The van der Waals surface area contributed by atoms with Crippen LogP contribution in [0.2, 0.25) is 0 Å². The van der Waals surface area contributed by atoms with E-state index in [0.29, 0.717) is 50.8 Å². The minimum absolute atomic E-state index is 0.155. The molecule has 0 bridgehead atoms. The highest BCUT2D eigenvalue weighted by atomic mass is 32.2. The van der Waals surface area contributed by atoms with E-state index >= 15 is 0 Å². The number of aryl methyl sites for hydroxylation is 2. The molecule has 2 aromatic carbocycles. The Balaban J connectivity index is 1.35. The van der Waals surface area contributed by atoms with Crippen LogP contribution in [0.15, 0.2) is 53.4 Å². The Morgan fingerprint density at radius 1 is 1.00 bits per heavy atom. The van der Waals surface area contributed by atoms with Gasteiger partial charge in [0.2, 0.25) is 10.0 Å². The van der Waals surface area contributed by atoms with Gasteiger partial charge in [-0.3, -0.25) is 0 Å². The number of nitrogens with zero attached hydrogens (tertiary/aromatic N) is 2. The first-order valence-electron chi connectivity index (χ1n) is 11.1. The molecule has 3 rings (SSSR count). The maximum Gasteiger partial charge on any atom is 0.317 e. The van der Waals surface area contributed by atoms with Crippen molar-refractivity contribution >= 4 is 16.1 Å². The zero-order chi connectivity index (χ0) is 23.0. The van der Waals surface area contributed by atoms with E-state index in [9.17, 15) is 13.2 Å². The maximum absolute atomic E-state index is 13.0. The number of piperazine rings is 1. The Hall–Kier alpha value is -2.42. The number of amides is 2. The van der Waals surface area contributed by atoms with Crippen molar-refractivity contribution in [2.75, 3.05) is 45.9 Å². The molecule has 1 N–H and O–H groups in total. The number of rotatable bonds is 9. The third kappa shape index (κ3) is 6.54. The number of urea groups is 1. The van der Waals surface area contributed by atoms with Gasteiger partial charge in [-0.1, -0.05) is 42.5 Å². The summed E-state index contributed by atoms with van der Waals surface area (Å²) in [5, 5.41) is 2.90. The number of carbonyl (C=O) groups excluding carboxylic acids is 1. The highest BCUT2D eigenvalue weighted by Gasteiger charge is 2.31. The van der Waals surface area contributed by atoms with Gasteiger partial charge in [-0.2, -0.15) is 4.31 Å². The monoisotopic (exact) mass is 459 g/mol. The van der Waals surface area contributed by atoms with Gasteiger partial charge in [0, 0.05) is 39.3 Å². The number of nitrogens with one attached hydrogen (secondary N) is 1. The molecular formula is C24H33N3O4S. The zero-order valence-corrected chi connectivity index (χ0v) is 19.7. The van der Waals surface area contributed by atoms with E-state index in [1.54, 1.807) is 17.9 Å². The minimum Gasteiger partial charge on any atom is -0.381 e. The van der Waals surface area contributed by atoms with Crippen LogP contribution in [0.4, 0.5) is 4.79 Å². The Bertz CT molecular complexity index is 988. The molecule has 1 aliphatic heterocycles. The van der Waals surface area contributed by atoms with E-state index in [1.165, 1.54) is 9.87 Å². The van der Waals surface area contributed by atoms with Crippen LogP contribution in [0.1, 0.15) is 23.1 Å². The Morgan fingerprint density at radius 2 is 1.72 bits per heavy atom. The molecule has 1 heterocycles. The predicted octanol–water partition coefficient (Wildman–Crippen LogP) is 2.97. The SMILES string of the molecule is Cc1ccc(C)c(S(=O)(=O)N2CCN(C(=O)NCCCOCCc3ccccc3)CC2)c1. The quantitative estimate of drug-likeness (QED) is 0.585. The van der Waals surface area contributed by atoms with Crippen LogP contribution in [-0.2, 0) is 21.2 Å². The third-order valence-corrected chi connectivity index (χ3v) is 7.65. The smallest absolute Gasteiger partial charge is 0.317 e. The Kier molecular flexibility index (Phi) is 8.67. The molecule has 0 spiro atoms. The Morgan fingerprint density at radius 3 is 2.44 bits per heavy atom. The van der Waals surface area contributed by atoms with Crippen molar-refractivity contribution in [3.8, 4) is 0 Å². The van der Waals surface area contributed by atoms with E-state index in [0.717, 1.165) is 24.0 Å². The number of hydrogen-bond donors (Lipinski definition) is 1. The average molecular weight is 460 g/mol. The summed E-state index contributed by atoms with van der Waals surface area (Å²) in [6, 6.07) is 15.5. The predicted molar refractivity (Wildman–Crippen MR) is 125 cm³/mol. The number of hydrogen-bond acceptors (Lipinski definition) is 4. The fourth-order valence-corrected chi connectivity index (χ4v) is 5.41. The van der Waals surface area contributed by atoms with Gasteiger partial charge in [0.25, 0.3) is 0 Å². The fraction of sp³-hybridized carbons (Fsp3) is 0.458. The molecule has 0 atom stereocenters. The van der Waals surface area contributed by atoms with Crippen LogP contribution >= 0.6 is 0 Å². The molecular weight excluding hydrogens is 426 g/mol. The summed E-state index contributed by atoms with van der Waals surface area (Å²) in [6.07, 6.45) is 1.62. The standard InChI is InChI=1S/C24H33N3O4S/c1-20-9-10-21(2)23(19-20)32(29,30)27-15-13-26(14-16-27)24(28)25-12-6-17-31-18-11-22-7-4-3-5-8-22/h3-5,7-10,19H,6,11-18H2,1-2H3,(H,25,28). The van der Waals surface area contributed by atoms with Gasteiger partial charge >= 0.3 is 6.03 Å². The molecule has 174 valence electrons. The van der Waals surface area contributed by atoms with E-state index in [4.69, 9.17) is 4.74 Å². The molecule has 0 aromatic heterocycles. The average Bonchev–Trinajstić information content (AvgIpc) is 2.80. The van der Waals surface area contributed by atoms with Gasteiger partial charge in [0.1, 0.15) is 0 Å². The Labute approximate surface area is 191 Å². The molecule has 32 heavy (non-hydrogen) atoms. The summed E-state index contributed by atoms with van der Waals surface area (Å²) in [5.41, 5.74) is 2.90. The van der Waals surface area contributed by atoms with E-state index in [1.807, 2.05) is 37.3 Å². The number of carbonyl (C=O) groups is 1. The van der Waals surface area contributed by atoms with Crippen molar-refractivity contribution in [3.05, 3.63) is 65.2 Å². The molecule has 2 amide bonds. The molecule has 0 radical (unpaired) electrons. The van der Waals surface area contributed by atoms with Crippen molar-refractivity contribution < 1.29 is 17.9 Å². The second kappa shape index (κ2) is 11.4. The summed E-state index contributed by atoms with van der Waals surface area (Å²) in [4.78, 5) is 14.4. The van der Waals surface area contributed by atoms with Crippen molar-refractivity contribution in [3.63, 3.8) is 0 Å². The van der Waals surface area contributed by atoms with Crippen LogP contribution in [0, 0.1) is 13.8 Å². The topological polar surface area (TPSA) is 79.0 Å². The molecule has 0 saturated carbocycles. The van der Waals surface area contributed by atoms with Gasteiger partial charge in [0.05, 0.1) is 11.5 Å². The zero-order valence-electron chi connectivity index (χ0n) is 18.9. The summed E-state index contributed by atoms with van der Waals surface area (Å²) in [5.74, 6) is 0. The van der Waals surface area contributed by atoms with Crippen LogP contribution < -0.4 is 5.32 Å². The molecule has 1 aliphatic rings. The normalized spacial score (nSPS) is 15.0. The van der Waals surface area contributed by atoms with Crippen LogP contribution in [0.25, 0.3) is 0 Å². The third-order valence-electron chi connectivity index (χ3n) is 5.61. The lowest BCUT2D eigenvalue weighted by Gasteiger charge is -2.34. The van der Waals surface area contributed by atoms with Gasteiger partial charge in [-0.15, -0.1) is 0 Å². The summed E-state index contributed by atoms with van der Waals surface area (Å²) < 4.78 is 33.1. The summed E-state index contributed by atoms with van der Waals surface area (Å²) in [6.45, 7) is 6.83. The van der Waals surface area contributed by atoms with E-state index in [-0.39, 0.29) is 6.03 Å². The molecule has 1 saturated heterocycles. The number of sulfonamides is 1. The van der Waals surface area contributed by atoms with Crippen molar-refractivity contribution in [2.24, 2.45) is 0 Å². The van der Waals surface area contributed by atoms with Crippen LogP contribution in [0.5, 0.6) is 0 Å². The van der Waals surface area contributed by atoms with E-state index < -0.39 is 10.0 Å². The van der Waals surface area contributed by atoms with Crippen molar-refractivity contribution in [2.45, 2.75) is 31.6 Å². The second-order valence-corrected chi connectivity index (χ2v) is 10.00. The number of benzene rings is 2. The van der Waals surface area contributed by atoms with Gasteiger partial charge in [-0.25, -0.2) is 13.2 Å². The first-order valence-corrected chi connectivity index (χ1v) is 12.5. The van der Waals surface area contributed by atoms with Gasteiger partial charge < -0.3 is 15.0 Å². The summed E-state index contributed by atoms with van der Waals surface area (Å²) >= 11 is 0. The molecule has 1 fully saturated rings. The molecule has 0 aliphatic carbocycles. The van der Waals surface area contributed by atoms with Gasteiger partial charge in [0.15, 0.2) is 0 Å². The molecule has 2 aromatic rings. The summed E-state index contributed by atoms with van der Waals surface area (Å²) in [7, 11) is -3.56. The highest BCUT2D eigenvalue weighted by molar-refractivity contribution is 7.89. The lowest BCUT2D eigenvalue weighted by Crippen LogP contribution is -2.53. The largest absolute Gasteiger partial charge is 0.381 e. The molecule has 8 heteroatoms. The first-order chi connectivity index (χ1) is 15.4. The molecule has 7 nitrogen and oxygen atoms in total. The van der Waals surface area contributed by atoms with Crippen molar-refractivity contribution in [1.82, 2.24) is 14.5 Å². The molecule has 0 unspecified atom stereocenters. The maximum atomic E-state index is 13.0. The van der Waals surface area contributed by atoms with Crippen LogP contribution in [0.3, 0.4) is 0 Å². The van der Waals surface area contributed by atoms with Crippen LogP contribution in [-0.4, -0.2) is 69.6 Å². The minimum atomic E-state index is -3.56. The lowest BCUT2D eigenvalue weighted by atomic mass is 10.2. The fourth-order valence-electron chi connectivity index (χ4n) is 3.67. The lowest BCUT2D eigenvalue weighted by molar-refractivity contribution is 0.133. The second-order valence-electron chi connectivity index (χ2n) is 8.09. The van der Waals surface area contributed by atoms with E-state index in [2.05, 4.69) is 17.4 Å².